The Hall–Kier alpha value is -4.68. The summed E-state index contributed by atoms with van der Waals surface area (Å²) in [6, 6.07) is 8.27. The second kappa shape index (κ2) is 13.0. The van der Waals surface area contributed by atoms with Gasteiger partial charge in [0.25, 0.3) is 5.91 Å². The number of rotatable bonds is 13. The summed E-state index contributed by atoms with van der Waals surface area (Å²) in [5.41, 5.74) is 7.58. The molecule has 1 aliphatic rings. The van der Waals surface area contributed by atoms with Crippen LogP contribution in [0.2, 0.25) is 0 Å². The van der Waals surface area contributed by atoms with Crippen LogP contribution in [0.1, 0.15) is 46.9 Å². The number of hydrogen-bond acceptors (Lipinski definition) is 11. The van der Waals surface area contributed by atoms with Crippen LogP contribution in [0.3, 0.4) is 0 Å². The standard InChI is InChI=1S/C25H28N4O9/c1-3-35-22(30)13-37-20-8-6-15(10-21(20)38-14-23(31)36-4-2)19(27-33)12-29-11-17-9-16(24(26)28-34)5-7-18(17)25(29)32/h5-10,19,34H,3-4,11-14H2,1-2H3,(H2,26,28). The molecule has 13 nitrogen and oxygen atoms in total. The van der Waals surface area contributed by atoms with Crippen LogP contribution >= 0.6 is 0 Å². The molecular formula is C25H28N4O9. The third-order valence-electron chi connectivity index (χ3n) is 5.56. The number of amides is 1. The van der Waals surface area contributed by atoms with Gasteiger partial charge in [-0.15, -0.1) is 0 Å². The Kier molecular flexibility index (Phi) is 9.57. The molecule has 0 radical (unpaired) electrons. The quantitative estimate of drug-likeness (QED) is 0.0976. The number of carbonyl (C=O) groups is 3. The first-order valence-corrected chi connectivity index (χ1v) is 11.7. The predicted octanol–water partition coefficient (Wildman–Crippen LogP) is 2.13. The van der Waals surface area contributed by atoms with E-state index in [1.165, 1.54) is 17.0 Å². The molecule has 3 rings (SSSR count). The van der Waals surface area contributed by atoms with Gasteiger partial charge in [-0.1, -0.05) is 22.5 Å². The average molecular weight is 529 g/mol. The molecule has 202 valence electrons. The molecule has 0 fully saturated rings. The van der Waals surface area contributed by atoms with Crippen molar-refractivity contribution in [2.45, 2.75) is 26.4 Å². The Morgan fingerprint density at radius 3 is 2.29 bits per heavy atom. The zero-order valence-electron chi connectivity index (χ0n) is 20.9. The highest BCUT2D eigenvalue weighted by atomic mass is 16.6. The van der Waals surface area contributed by atoms with E-state index >= 15 is 0 Å². The molecule has 0 bridgehead atoms. The number of nitrogens with zero attached hydrogens (tertiary/aromatic N) is 3. The van der Waals surface area contributed by atoms with Gasteiger partial charge in [-0.3, -0.25) is 4.79 Å². The van der Waals surface area contributed by atoms with E-state index in [1.54, 1.807) is 38.1 Å². The number of nitrogens with two attached hydrogens (primary N) is 1. The van der Waals surface area contributed by atoms with Crippen LogP contribution < -0.4 is 15.2 Å². The maximum atomic E-state index is 12.9. The fourth-order valence-corrected chi connectivity index (χ4v) is 3.80. The number of amidine groups is 1. The summed E-state index contributed by atoms with van der Waals surface area (Å²) >= 11 is 0. The van der Waals surface area contributed by atoms with E-state index in [9.17, 15) is 19.3 Å². The van der Waals surface area contributed by atoms with Crippen LogP contribution in [0.5, 0.6) is 11.5 Å². The van der Waals surface area contributed by atoms with Crippen molar-refractivity contribution >= 4 is 23.7 Å². The van der Waals surface area contributed by atoms with Crippen molar-refractivity contribution in [2.24, 2.45) is 16.1 Å². The Labute approximate surface area is 218 Å². The fraction of sp³-hybridized carbons (Fsp3) is 0.360. The van der Waals surface area contributed by atoms with Gasteiger partial charge < -0.3 is 34.8 Å². The zero-order valence-corrected chi connectivity index (χ0v) is 20.9. The third-order valence-corrected chi connectivity index (χ3v) is 5.56. The van der Waals surface area contributed by atoms with E-state index in [-0.39, 0.29) is 49.5 Å². The number of oxime groups is 1. The molecule has 0 saturated heterocycles. The topological polar surface area (TPSA) is 179 Å². The molecule has 13 heteroatoms. The van der Waals surface area contributed by atoms with Crippen molar-refractivity contribution in [2.75, 3.05) is 33.0 Å². The molecule has 38 heavy (non-hydrogen) atoms. The van der Waals surface area contributed by atoms with Crippen molar-refractivity contribution in [1.29, 1.82) is 0 Å². The first kappa shape index (κ1) is 27.9. The van der Waals surface area contributed by atoms with Crippen LogP contribution in [-0.2, 0) is 25.6 Å². The fourth-order valence-electron chi connectivity index (χ4n) is 3.80. The van der Waals surface area contributed by atoms with E-state index in [0.29, 0.717) is 22.3 Å². The summed E-state index contributed by atoms with van der Waals surface area (Å²) in [5.74, 6) is -1.39. The lowest BCUT2D eigenvalue weighted by Crippen LogP contribution is -2.28. The second-order valence-corrected chi connectivity index (χ2v) is 8.06. The summed E-state index contributed by atoms with van der Waals surface area (Å²) in [6.07, 6.45) is 0. The van der Waals surface area contributed by atoms with Gasteiger partial charge in [0.15, 0.2) is 30.5 Å². The van der Waals surface area contributed by atoms with Gasteiger partial charge in [0, 0.05) is 17.7 Å². The number of esters is 2. The Morgan fingerprint density at radius 2 is 1.68 bits per heavy atom. The smallest absolute Gasteiger partial charge is 0.344 e. The highest BCUT2D eigenvalue weighted by molar-refractivity contribution is 6.02. The number of fused-ring (bicyclic) bond motifs is 1. The molecule has 0 saturated carbocycles. The molecule has 0 aliphatic carbocycles. The number of hydrogen-bond donors (Lipinski definition) is 2. The average Bonchev–Trinajstić information content (AvgIpc) is 3.23. The molecule has 1 atom stereocenters. The first-order chi connectivity index (χ1) is 18.3. The largest absolute Gasteiger partial charge is 0.478 e. The Balaban J connectivity index is 1.80. The maximum absolute atomic E-state index is 12.9. The molecular weight excluding hydrogens is 500 g/mol. The molecule has 2 aromatic carbocycles. The SMILES string of the molecule is CCOC(=O)COc1ccc(C(CN2Cc3cc(C(N)=NO)ccc3C2=O)N=O)cc1OCC(=O)OCC. The van der Waals surface area contributed by atoms with E-state index in [4.69, 9.17) is 29.9 Å². The molecule has 3 N–H and O–H groups in total. The van der Waals surface area contributed by atoms with Gasteiger partial charge >= 0.3 is 11.9 Å². The molecule has 1 heterocycles. The van der Waals surface area contributed by atoms with E-state index in [0.717, 1.165) is 0 Å². The highest BCUT2D eigenvalue weighted by Gasteiger charge is 2.31. The molecule has 1 amide bonds. The van der Waals surface area contributed by atoms with Gasteiger partial charge in [-0.05, 0) is 49.2 Å². The maximum Gasteiger partial charge on any atom is 0.344 e. The minimum Gasteiger partial charge on any atom is -0.478 e. The summed E-state index contributed by atoms with van der Waals surface area (Å²) in [5, 5.41) is 15.1. The predicted molar refractivity (Wildman–Crippen MR) is 133 cm³/mol. The lowest BCUT2D eigenvalue weighted by Gasteiger charge is -2.20. The molecule has 0 spiro atoms. The number of nitroso groups, excluding NO2 is 1. The third kappa shape index (κ3) is 6.75. The molecule has 1 aliphatic heterocycles. The van der Waals surface area contributed by atoms with E-state index in [2.05, 4.69) is 10.3 Å². The Morgan fingerprint density at radius 1 is 1.03 bits per heavy atom. The van der Waals surface area contributed by atoms with E-state index in [1.807, 2.05) is 0 Å². The summed E-state index contributed by atoms with van der Waals surface area (Å²) in [6.45, 7) is 2.98. The summed E-state index contributed by atoms with van der Waals surface area (Å²) < 4.78 is 20.8. The monoisotopic (exact) mass is 528 g/mol. The number of benzene rings is 2. The van der Waals surface area contributed by atoms with Gasteiger partial charge in [0.2, 0.25) is 0 Å². The normalized spacial score (nSPS) is 13.5. The second-order valence-electron chi connectivity index (χ2n) is 8.06. The van der Waals surface area contributed by atoms with E-state index < -0.39 is 31.2 Å². The molecule has 1 unspecified atom stereocenters. The van der Waals surface area contributed by atoms with Crippen molar-refractivity contribution < 1.29 is 38.5 Å². The molecule has 2 aromatic rings. The van der Waals surface area contributed by atoms with Crippen LogP contribution in [-0.4, -0.2) is 66.8 Å². The number of carbonyl (C=O) groups excluding carboxylic acids is 3. The first-order valence-electron chi connectivity index (χ1n) is 11.7. The lowest BCUT2D eigenvalue weighted by molar-refractivity contribution is -0.146. The highest BCUT2D eigenvalue weighted by Crippen LogP contribution is 2.34. The van der Waals surface area contributed by atoms with Gasteiger partial charge in [-0.25, -0.2) is 9.59 Å². The van der Waals surface area contributed by atoms with Crippen molar-refractivity contribution in [3.63, 3.8) is 0 Å². The lowest BCUT2D eigenvalue weighted by atomic mass is 10.1. The van der Waals surface area contributed by atoms with Crippen molar-refractivity contribution in [3.8, 4) is 11.5 Å². The number of ether oxygens (including phenoxy) is 4. The van der Waals surface area contributed by atoms with Crippen LogP contribution in [0.15, 0.2) is 46.7 Å². The summed E-state index contributed by atoms with van der Waals surface area (Å²) in [7, 11) is 0. The minimum atomic E-state index is -0.985. The van der Waals surface area contributed by atoms with Gasteiger partial charge in [0.1, 0.15) is 6.04 Å². The van der Waals surface area contributed by atoms with Gasteiger partial charge in [0.05, 0.1) is 19.8 Å². The summed E-state index contributed by atoms with van der Waals surface area (Å²) in [4.78, 5) is 49.7. The minimum absolute atomic E-state index is 0.0454. The van der Waals surface area contributed by atoms with Crippen molar-refractivity contribution in [1.82, 2.24) is 4.90 Å². The van der Waals surface area contributed by atoms with Crippen LogP contribution in [0, 0.1) is 4.91 Å². The zero-order chi connectivity index (χ0) is 27.7. The molecule has 0 aromatic heterocycles. The van der Waals surface area contributed by atoms with Crippen molar-refractivity contribution in [3.05, 3.63) is 63.6 Å². The van der Waals surface area contributed by atoms with Crippen LogP contribution in [0.4, 0.5) is 0 Å². The Bertz CT molecular complexity index is 1230. The van der Waals surface area contributed by atoms with Gasteiger partial charge in [-0.2, -0.15) is 4.91 Å². The van der Waals surface area contributed by atoms with Crippen LogP contribution in [0.25, 0.3) is 0 Å².